The molecule has 1 saturated heterocycles. The number of carbonyl (C=O) groups is 1. The zero-order valence-corrected chi connectivity index (χ0v) is 23.3. The first kappa shape index (κ1) is 28.6. The van der Waals surface area contributed by atoms with E-state index in [-0.39, 0.29) is 23.6 Å². The van der Waals surface area contributed by atoms with E-state index in [1.54, 1.807) is 14.0 Å². The van der Waals surface area contributed by atoms with E-state index < -0.39 is 6.36 Å². The molecule has 0 spiro atoms. The second-order valence-electron chi connectivity index (χ2n) is 9.95. The third-order valence-corrected chi connectivity index (χ3v) is 8.10. The number of nitrogens with zero attached hydrogens (tertiary/aromatic N) is 2. The second-order valence-corrected chi connectivity index (χ2v) is 10.7. The molecule has 1 aliphatic rings. The summed E-state index contributed by atoms with van der Waals surface area (Å²) >= 11 is 13.5. The zero-order valence-electron chi connectivity index (χ0n) is 21.8. The molecule has 2 atom stereocenters. The molecule has 38 heavy (non-hydrogen) atoms. The number of esters is 1. The van der Waals surface area contributed by atoms with Gasteiger partial charge in [-0.3, -0.25) is 9.69 Å². The molecular weight excluding hydrogens is 540 g/mol. The van der Waals surface area contributed by atoms with Gasteiger partial charge in [-0.2, -0.15) is 0 Å². The molecular formula is C28H31Cl2F3N2O3. The van der Waals surface area contributed by atoms with E-state index in [0.717, 1.165) is 41.7 Å². The van der Waals surface area contributed by atoms with Crippen LogP contribution in [0.1, 0.15) is 42.7 Å². The van der Waals surface area contributed by atoms with Crippen LogP contribution in [0, 0.1) is 18.8 Å². The molecule has 3 aromatic rings. The van der Waals surface area contributed by atoms with Gasteiger partial charge in [-0.1, -0.05) is 36.2 Å². The highest BCUT2D eigenvalue weighted by molar-refractivity contribution is 6.36. The van der Waals surface area contributed by atoms with Crippen molar-refractivity contribution >= 4 is 40.1 Å². The van der Waals surface area contributed by atoms with Crippen LogP contribution in [0.25, 0.3) is 10.9 Å². The second kappa shape index (κ2) is 11.4. The first-order valence-corrected chi connectivity index (χ1v) is 13.3. The molecule has 206 valence electrons. The SMILES string of the molecule is CCOC(=O)[C@H]1CCN(Cc2ccc(Cl)c(Cc3cc4c(C)cc(OC(F)(F)F)cc4n3C)c2Cl)C[C@H]1C. The summed E-state index contributed by atoms with van der Waals surface area (Å²) in [4.78, 5) is 14.5. The van der Waals surface area contributed by atoms with E-state index in [1.165, 1.54) is 12.1 Å². The molecule has 1 aromatic heterocycles. The van der Waals surface area contributed by atoms with Crippen molar-refractivity contribution in [3.63, 3.8) is 0 Å². The van der Waals surface area contributed by atoms with Crippen LogP contribution < -0.4 is 4.74 Å². The molecule has 5 nitrogen and oxygen atoms in total. The fourth-order valence-corrected chi connectivity index (χ4v) is 5.88. The van der Waals surface area contributed by atoms with Crippen molar-refractivity contribution in [2.75, 3.05) is 19.7 Å². The first-order chi connectivity index (χ1) is 17.9. The van der Waals surface area contributed by atoms with Crippen LogP contribution in [-0.2, 0) is 29.5 Å². The average molecular weight is 571 g/mol. The van der Waals surface area contributed by atoms with E-state index in [4.69, 9.17) is 27.9 Å². The molecule has 0 radical (unpaired) electrons. The lowest BCUT2D eigenvalue weighted by Gasteiger charge is -2.35. The van der Waals surface area contributed by atoms with Crippen LogP contribution in [0.2, 0.25) is 10.0 Å². The number of fused-ring (bicyclic) bond motifs is 1. The smallest absolute Gasteiger partial charge is 0.466 e. The van der Waals surface area contributed by atoms with Crippen molar-refractivity contribution in [1.29, 1.82) is 0 Å². The molecule has 0 unspecified atom stereocenters. The molecule has 0 saturated carbocycles. The van der Waals surface area contributed by atoms with Gasteiger partial charge in [0.15, 0.2) is 0 Å². The van der Waals surface area contributed by atoms with E-state index in [1.807, 2.05) is 29.7 Å². The number of alkyl halides is 3. The fraction of sp³-hybridized carbons (Fsp3) is 0.464. The van der Waals surface area contributed by atoms with Crippen LogP contribution >= 0.6 is 23.2 Å². The quantitative estimate of drug-likeness (QED) is 0.279. The number of likely N-dealkylation sites (tertiary alicyclic amines) is 1. The lowest BCUT2D eigenvalue weighted by molar-refractivity contribution is -0.274. The molecule has 0 N–H and O–H groups in total. The summed E-state index contributed by atoms with van der Waals surface area (Å²) in [6, 6.07) is 8.47. The molecule has 4 rings (SSSR count). The predicted molar refractivity (Wildman–Crippen MR) is 143 cm³/mol. The Morgan fingerprint density at radius 3 is 2.58 bits per heavy atom. The van der Waals surface area contributed by atoms with Crippen molar-refractivity contribution in [3.05, 3.63) is 62.8 Å². The standard InChI is InChI=1S/C28H31Cl2F3N2O3/c1-5-37-27(36)21-8-9-35(14-17(21)3)15-18-6-7-24(29)23(26(18)30)12-19-11-22-16(2)10-20(38-28(31,32)33)13-25(22)34(19)4/h6-7,10-11,13,17,21H,5,8-9,12,14-15H2,1-4H3/t17-,21+/m1/s1. The van der Waals surface area contributed by atoms with Gasteiger partial charge in [0, 0.05) is 48.7 Å². The van der Waals surface area contributed by atoms with Crippen LogP contribution in [-0.4, -0.2) is 41.5 Å². The maximum Gasteiger partial charge on any atom is 0.573 e. The average Bonchev–Trinajstić information content (AvgIpc) is 3.13. The first-order valence-electron chi connectivity index (χ1n) is 12.6. The molecule has 0 bridgehead atoms. The molecule has 1 aliphatic heterocycles. The number of benzene rings is 2. The van der Waals surface area contributed by atoms with Crippen LogP contribution in [0.4, 0.5) is 13.2 Å². The molecule has 0 amide bonds. The Kier molecular flexibility index (Phi) is 8.55. The van der Waals surface area contributed by atoms with E-state index in [2.05, 4.69) is 16.6 Å². The van der Waals surface area contributed by atoms with Gasteiger partial charge in [-0.25, -0.2) is 0 Å². The minimum absolute atomic E-state index is 0.0978. The maximum absolute atomic E-state index is 12.8. The van der Waals surface area contributed by atoms with Crippen molar-refractivity contribution in [2.24, 2.45) is 18.9 Å². The molecule has 10 heteroatoms. The van der Waals surface area contributed by atoms with Gasteiger partial charge in [0.25, 0.3) is 0 Å². The van der Waals surface area contributed by atoms with Gasteiger partial charge < -0.3 is 14.0 Å². The maximum atomic E-state index is 12.8. The van der Waals surface area contributed by atoms with Gasteiger partial charge >= 0.3 is 12.3 Å². The van der Waals surface area contributed by atoms with Gasteiger partial charge in [0.1, 0.15) is 5.75 Å². The lowest BCUT2D eigenvalue weighted by Crippen LogP contribution is -2.42. The topological polar surface area (TPSA) is 43.7 Å². The number of aromatic nitrogens is 1. The lowest BCUT2D eigenvalue weighted by atomic mass is 9.86. The highest BCUT2D eigenvalue weighted by atomic mass is 35.5. The van der Waals surface area contributed by atoms with Gasteiger partial charge in [-0.15, -0.1) is 13.2 Å². The number of piperidine rings is 1. The Balaban J connectivity index is 1.56. The van der Waals surface area contributed by atoms with Crippen molar-refractivity contribution in [1.82, 2.24) is 9.47 Å². The minimum atomic E-state index is -4.76. The van der Waals surface area contributed by atoms with E-state index in [0.29, 0.717) is 40.7 Å². The Morgan fingerprint density at radius 1 is 1.18 bits per heavy atom. The molecule has 1 fully saturated rings. The van der Waals surface area contributed by atoms with E-state index in [9.17, 15) is 18.0 Å². The fourth-order valence-electron chi connectivity index (χ4n) is 5.32. The van der Waals surface area contributed by atoms with Gasteiger partial charge in [0.2, 0.25) is 0 Å². The predicted octanol–water partition coefficient (Wildman–Crippen LogP) is 7.30. The highest BCUT2D eigenvalue weighted by Crippen LogP contribution is 2.35. The van der Waals surface area contributed by atoms with E-state index >= 15 is 0 Å². The monoisotopic (exact) mass is 570 g/mol. The van der Waals surface area contributed by atoms with Crippen LogP contribution in [0.5, 0.6) is 5.75 Å². The summed E-state index contributed by atoms with van der Waals surface area (Å²) in [6.07, 6.45) is -3.62. The molecule has 0 aliphatic carbocycles. The van der Waals surface area contributed by atoms with Crippen LogP contribution in [0.15, 0.2) is 30.3 Å². The number of hydrogen-bond donors (Lipinski definition) is 0. The Morgan fingerprint density at radius 2 is 1.92 bits per heavy atom. The number of hydrogen-bond acceptors (Lipinski definition) is 4. The number of halogens is 5. The Bertz CT molecular complexity index is 1340. The largest absolute Gasteiger partial charge is 0.573 e. The van der Waals surface area contributed by atoms with Gasteiger partial charge in [-0.05, 0) is 67.6 Å². The van der Waals surface area contributed by atoms with Crippen molar-refractivity contribution < 1.29 is 27.4 Å². The summed E-state index contributed by atoms with van der Waals surface area (Å²) in [5.74, 6) is -0.318. The number of rotatable bonds is 7. The Labute approximate surface area is 230 Å². The molecule has 2 heterocycles. The highest BCUT2D eigenvalue weighted by Gasteiger charge is 2.33. The van der Waals surface area contributed by atoms with Crippen molar-refractivity contribution in [3.8, 4) is 5.75 Å². The number of carbonyl (C=O) groups excluding carboxylic acids is 1. The van der Waals surface area contributed by atoms with Crippen LogP contribution in [0.3, 0.4) is 0 Å². The van der Waals surface area contributed by atoms with Crippen molar-refractivity contribution in [2.45, 2.75) is 46.5 Å². The summed E-state index contributed by atoms with van der Waals surface area (Å²) in [6.45, 7) is 8.15. The molecule has 2 aromatic carbocycles. The van der Waals surface area contributed by atoms with Gasteiger partial charge in [0.05, 0.1) is 23.1 Å². The number of aryl methyl sites for hydroxylation is 2. The summed E-state index contributed by atoms with van der Waals surface area (Å²) in [5, 5.41) is 1.93. The summed E-state index contributed by atoms with van der Waals surface area (Å²) in [7, 11) is 1.80. The minimum Gasteiger partial charge on any atom is -0.466 e. The third-order valence-electron chi connectivity index (χ3n) is 7.27. The summed E-state index contributed by atoms with van der Waals surface area (Å²) < 4.78 is 49.6. The number of ether oxygens (including phenoxy) is 2. The summed E-state index contributed by atoms with van der Waals surface area (Å²) in [5.41, 5.74) is 3.85. The Hall–Kier alpha value is -2.42. The third kappa shape index (κ3) is 6.24. The normalized spacial score (nSPS) is 18.7. The zero-order chi connectivity index (χ0) is 27.8.